The van der Waals surface area contributed by atoms with Crippen LogP contribution in [0.15, 0.2) is 6.07 Å². The van der Waals surface area contributed by atoms with Gasteiger partial charge in [0.25, 0.3) is 0 Å². The highest BCUT2D eigenvalue weighted by Gasteiger charge is 2.35. The third-order valence-electron chi connectivity index (χ3n) is 2.88. The minimum absolute atomic E-state index is 0.0344. The molecule has 1 heterocycles. The molecule has 1 N–H and O–H groups in total. The van der Waals surface area contributed by atoms with Gasteiger partial charge in [0.15, 0.2) is 25.2 Å². The van der Waals surface area contributed by atoms with Gasteiger partial charge in [-0.15, -0.1) is 0 Å². The van der Waals surface area contributed by atoms with E-state index < -0.39 is 17.1 Å². The molecule has 0 amide bonds. The Morgan fingerprint density at radius 3 is 2.31 bits per heavy atom. The zero-order valence-electron chi connectivity index (χ0n) is 9.66. The molecule has 0 bridgehead atoms. The number of ether oxygens (including phenoxy) is 1. The van der Waals surface area contributed by atoms with Crippen LogP contribution in [0.4, 0.5) is 8.78 Å². The zero-order chi connectivity index (χ0) is 11.9. The first-order valence-electron chi connectivity index (χ1n) is 5.28. The van der Waals surface area contributed by atoms with Gasteiger partial charge in [-0.05, 0) is 5.46 Å². The van der Waals surface area contributed by atoms with E-state index >= 15 is 0 Å². The molecule has 0 radical (unpaired) electrons. The first-order valence-corrected chi connectivity index (χ1v) is 5.28. The fourth-order valence-corrected chi connectivity index (χ4v) is 1.82. The molecule has 2 rings (SSSR count). The monoisotopic (exact) mass is 221 g/mol. The summed E-state index contributed by atoms with van der Waals surface area (Å²) < 4.78 is 32.6. The molecular weight excluding hydrogens is 209 g/mol. The molecule has 0 atom stereocenters. The van der Waals surface area contributed by atoms with Crippen LogP contribution in [0.1, 0.15) is 0 Å². The lowest BCUT2D eigenvalue weighted by atomic mass is 9.76. The van der Waals surface area contributed by atoms with Crippen LogP contribution in [0, 0.1) is 11.6 Å². The summed E-state index contributed by atoms with van der Waals surface area (Å²) in [6.07, 6.45) is 0. The molecule has 2 nitrogen and oxygen atoms in total. The minimum atomic E-state index is -0.884. The van der Waals surface area contributed by atoms with Crippen molar-refractivity contribution in [1.82, 2.24) is 5.32 Å². The summed E-state index contributed by atoms with van der Waals surface area (Å²) in [5, 5.41) is 3.05. The van der Waals surface area contributed by atoms with Crippen molar-refractivity contribution >= 4 is 34.5 Å². The molecule has 0 spiro atoms. The normalized spacial score (nSPS) is 17.9. The van der Waals surface area contributed by atoms with Gasteiger partial charge >= 0.3 is 0 Å². The molecule has 0 aromatic heterocycles. The van der Waals surface area contributed by atoms with Gasteiger partial charge in [0, 0.05) is 13.1 Å². The van der Waals surface area contributed by atoms with Gasteiger partial charge in [0.2, 0.25) is 0 Å². The Hall–Kier alpha value is -0.965. The minimum Gasteiger partial charge on any atom is -0.491 e. The smallest absolute Gasteiger partial charge is 0.199 e. The standard InChI is InChI=1S/C9H12B3F2NO/c10-4-1-5(11)8(7(14)6(4)13)16-9(12)2-15-3-9/h1,15H,2-3,10-12H2. The average Bonchev–Trinajstić information content (AvgIpc) is 2.19. The maximum atomic E-state index is 13.7. The number of rotatable bonds is 2. The quantitative estimate of drug-likeness (QED) is 0.530. The molecular formula is C9H12B3F2NO. The predicted octanol–water partition coefficient (Wildman–Crippen LogP) is -3.21. The van der Waals surface area contributed by atoms with Crippen molar-refractivity contribution in [2.24, 2.45) is 0 Å². The highest BCUT2D eigenvalue weighted by molar-refractivity contribution is 6.39. The van der Waals surface area contributed by atoms with Crippen molar-refractivity contribution in [1.29, 1.82) is 0 Å². The van der Waals surface area contributed by atoms with Crippen LogP contribution >= 0.6 is 0 Å². The second-order valence-electron chi connectivity index (χ2n) is 4.62. The first kappa shape index (κ1) is 11.5. The molecule has 1 aliphatic heterocycles. The van der Waals surface area contributed by atoms with Crippen LogP contribution in [0.5, 0.6) is 5.75 Å². The summed E-state index contributed by atoms with van der Waals surface area (Å²) >= 11 is 0. The van der Waals surface area contributed by atoms with Crippen molar-refractivity contribution in [3.63, 3.8) is 0 Å². The number of hydrogen-bond acceptors (Lipinski definition) is 2. The van der Waals surface area contributed by atoms with E-state index in [1.54, 1.807) is 21.8 Å². The number of nitrogens with one attached hydrogen (secondary N) is 1. The second-order valence-corrected chi connectivity index (χ2v) is 4.62. The van der Waals surface area contributed by atoms with E-state index in [0.29, 0.717) is 24.0 Å². The van der Waals surface area contributed by atoms with Crippen LogP contribution < -0.4 is 21.0 Å². The Morgan fingerprint density at radius 1 is 1.19 bits per heavy atom. The molecule has 1 aliphatic rings. The lowest BCUT2D eigenvalue weighted by Gasteiger charge is -2.40. The summed E-state index contributed by atoms with van der Waals surface area (Å²) in [6, 6.07) is 1.60. The molecule has 82 valence electrons. The van der Waals surface area contributed by atoms with Gasteiger partial charge < -0.3 is 10.1 Å². The molecule has 7 heteroatoms. The fraction of sp³-hybridized carbons (Fsp3) is 0.333. The van der Waals surface area contributed by atoms with E-state index in [1.165, 1.54) is 0 Å². The Balaban J connectivity index is 2.36. The Kier molecular flexibility index (Phi) is 2.74. The van der Waals surface area contributed by atoms with Crippen LogP contribution in [0.3, 0.4) is 0 Å². The first-order chi connectivity index (χ1) is 7.43. The summed E-state index contributed by atoms with van der Waals surface area (Å²) in [7, 11) is 5.14. The van der Waals surface area contributed by atoms with Crippen molar-refractivity contribution in [2.45, 2.75) is 5.50 Å². The van der Waals surface area contributed by atoms with Crippen LogP contribution in [0.2, 0.25) is 0 Å². The highest BCUT2D eigenvalue weighted by Crippen LogP contribution is 2.21. The predicted molar refractivity (Wildman–Crippen MR) is 67.5 cm³/mol. The number of benzene rings is 1. The third-order valence-corrected chi connectivity index (χ3v) is 2.88. The van der Waals surface area contributed by atoms with Crippen molar-refractivity contribution in [3.05, 3.63) is 17.7 Å². The van der Waals surface area contributed by atoms with Gasteiger partial charge in [0.1, 0.15) is 15.7 Å². The topological polar surface area (TPSA) is 21.3 Å². The van der Waals surface area contributed by atoms with Gasteiger partial charge in [-0.1, -0.05) is 11.5 Å². The number of halogens is 2. The molecule has 0 unspecified atom stereocenters. The summed E-state index contributed by atoms with van der Waals surface area (Å²) in [4.78, 5) is 0. The molecule has 1 saturated heterocycles. The summed E-state index contributed by atoms with van der Waals surface area (Å²) in [5.41, 5.74) is 0.511. The lowest BCUT2D eigenvalue weighted by molar-refractivity contribution is 0.0934. The molecule has 16 heavy (non-hydrogen) atoms. The van der Waals surface area contributed by atoms with Crippen LogP contribution in [0.25, 0.3) is 0 Å². The second kappa shape index (κ2) is 3.80. The molecule has 0 saturated carbocycles. The summed E-state index contributed by atoms with van der Waals surface area (Å²) in [6.45, 7) is 1.31. The van der Waals surface area contributed by atoms with Gasteiger partial charge in [-0.25, -0.2) is 4.39 Å². The molecule has 1 aromatic carbocycles. The molecule has 1 aromatic rings. The Morgan fingerprint density at radius 2 is 1.81 bits per heavy atom. The number of hydrogen-bond donors (Lipinski definition) is 1. The average molecular weight is 221 g/mol. The Bertz CT molecular complexity index is 437. The van der Waals surface area contributed by atoms with Crippen molar-refractivity contribution < 1.29 is 13.5 Å². The van der Waals surface area contributed by atoms with E-state index in [1.807, 2.05) is 7.85 Å². The maximum Gasteiger partial charge on any atom is 0.199 e. The van der Waals surface area contributed by atoms with E-state index in [2.05, 4.69) is 5.32 Å². The van der Waals surface area contributed by atoms with E-state index in [0.717, 1.165) is 0 Å². The zero-order valence-corrected chi connectivity index (χ0v) is 9.66. The van der Waals surface area contributed by atoms with Crippen LogP contribution in [-0.4, -0.2) is 42.1 Å². The van der Waals surface area contributed by atoms with Gasteiger partial charge in [-0.2, -0.15) is 4.39 Å². The van der Waals surface area contributed by atoms with Gasteiger partial charge in [-0.3, -0.25) is 0 Å². The third kappa shape index (κ3) is 1.84. The van der Waals surface area contributed by atoms with Gasteiger partial charge in [0.05, 0.1) is 5.50 Å². The maximum absolute atomic E-state index is 13.7. The van der Waals surface area contributed by atoms with E-state index in [-0.39, 0.29) is 5.75 Å². The molecule has 1 fully saturated rings. The van der Waals surface area contributed by atoms with Crippen LogP contribution in [-0.2, 0) is 0 Å². The SMILES string of the molecule is Bc1cc(B)c(OC2(B)CNC2)c(F)c1F. The van der Waals surface area contributed by atoms with Crippen molar-refractivity contribution in [2.75, 3.05) is 13.1 Å². The fourth-order valence-electron chi connectivity index (χ4n) is 1.82. The van der Waals surface area contributed by atoms with Crippen molar-refractivity contribution in [3.8, 4) is 5.75 Å². The van der Waals surface area contributed by atoms with E-state index in [9.17, 15) is 8.78 Å². The summed E-state index contributed by atoms with van der Waals surface area (Å²) in [5.74, 6) is -1.67. The highest BCUT2D eigenvalue weighted by atomic mass is 19.2. The van der Waals surface area contributed by atoms with E-state index in [4.69, 9.17) is 4.74 Å². The largest absolute Gasteiger partial charge is 0.491 e. The Labute approximate surface area is 96.0 Å². The lowest BCUT2D eigenvalue weighted by Crippen LogP contribution is -2.64. The molecule has 0 aliphatic carbocycles.